The molecule has 0 aliphatic carbocycles. The van der Waals surface area contributed by atoms with E-state index in [2.05, 4.69) is 10.1 Å². The third-order valence-electron chi connectivity index (χ3n) is 4.16. The summed E-state index contributed by atoms with van der Waals surface area (Å²) in [6.45, 7) is 2.00. The summed E-state index contributed by atoms with van der Waals surface area (Å²) in [4.78, 5) is 16.4. The Bertz CT molecular complexity index is 1110. The summed E-state index contributed by atoms with van der Waals surface area (Å²) in [6, 6.07) is 22.2. The maximum Gasteiger partial charge on any atom is 0.340 e. The number of aromatic nitrogens is 2. The third-order valence-corrected chi connectivity index (χ3v) is 4.16. The topological polar surface area (TPSA) is 74.5 Å². The minimum absolute atomic E-state index is 0.0140. The van der Waals surface area contributed by atoms with Gasteiger partial charge in [-0.2, -0.15) is 0 Å². The largest absolute Gasteiger partial charge is 0.454 e. The van der Waals surface area contributed by atoms with Crippen LogP contribution in [0.2, 0.25) is 0 Å². The lowest BCUT2D eigenvalue weighted by atomic mass is 10.1. The first kappa shape index (κ1) is 18.4. The Morgan fingerprint density at radius 1 is 1.00 bits per heavy atom. The van der Waals surface area contributed by atoms with Gasteiger partial charge in [-0.25, -0.2) is 9.78 Å². The van der Waals surface area contributed by atoms with Crippen molar-refractivity contribution in [3.8, 4) is 22.9 Å². The van der Waals surface area contributed by atoms with Gasteiger partial charge in [0.25, 0.3) is 0 Å². The van der Waals surface area contributed by atoms with Gasteiger partial charge in [0.15, 0.2) is 12.4 Å². The molecule has 4 rings (SSSR count). The highest BCUT2D eigenvalue weighted by molar-refractivity contribution is 5.89. The number of para-hydroxylation sites is 1. The van der Waals surface area contributed by atoms with Crippen molar-refractivity contribution < 1.29 is 18.8 Å². The van der Waals surface area contributed by atoms with E-state index in [0.29, 0.717) is 28.6 Å². The number of pyridine rings is 1. The summed E-state index contributed by atoms with van der Waals surface area (Å²) in [6.07, 6.45) is 1.42. The highest BCUT2D eigenvalue weighted by Gasteiger charge is 2.12. The molecule has 0 saturated heterocycles. The van der Waals surface area contributed by atoms with E-state index in [1.165, 1.54) is 6.20 Å². The zero-order chi connectivity index (χ0) is 20.1. The molecule has 0 N–H and O–H groups in total. The maximum atomic E-state index is 12.2. The van der Waals surface area contributed by atoms with Crippen LogP contribution in [0, 0.1) is 6.92 Å². The van der Waals surface area contributed by atoms with Gasteiger partial charge >= 0.3 is 5.97 Å². The van der Waals surface area contributed by atoms with Crippen LogP contribution < -0.4 is 4.74 Å². The van der Waals surface area contributed by atoms with E-state index in [-0.39, 0.29) is 6.61 Å². The van der Waals surface area contributed by atoms with Gasteiger partial charge in [-0.3, -0.25) is 0 Å². The van der Waals surface area contributed by atoms with E-state index < -0.39 is 5.97 Å². The molecule has 6 nitrogen and oxygen atoms in total. The molecule has 2 heterocycles. The Hall–Kier alpha value is -3.93. The fourth-order valence-electron chi connectivity index (χ4n) is 2.71. The molecule has 0 saturated carbocycles. The first-order valence-corrected chi connectivity index (χ1v) is 9.06. The zero-order valence-corrected chi connectivity index (χ0v) is 15.7. The summed E-state index contributed by atoms with van der Waals surface area (Å²) in [5.41, 5.74) is 3.10. The van der Waals surface area contributed by atoms with Crippen molar-refractivity contribution in [3.63, 3.8) is 0 Å². The highest BCUT2D eigenvalue weighted by atomic mass is 16.5. The van der Waals surface area contributed by atoms with Gasteiger partial charge in [0, 0.05) is 23.9 Å². The van der Waals surface area contributed by atoms with E-state index in [1.807, 2.05) is 61.5 Å². The molecule has 0 radical (unpaired) electrons. The summed E-state index contributed by atoms with van der Waals surface area (Å²) in [5.74, 6) is 1.03. The van der Waals surface area contributed by atoms with E-state index in [0.717, 1.165) is 11.1 Å². The van der Waals surface area contributed by atoms with Gasteiger partial charge in [0.2, 0.25) is 5.88 Å². The minimum atomic E-state index is -0.503. The Kier molecular flexibility index (Phi) is 5.33. The fourth-order valence-corrected chi connectivity index (χ4v) is 2.71. The Morgan fingerprint density at radius 3 is 2.62 bits per heavy atom. The van der Waals surface area contributed by atoms with Crippen LogP contribution in [0.15, 0.2) is 83.5 Å². The molecule has 0 unspecified atom stereocenters. The summed E-state index contributed by atoms with van der Waals surface area (Å²) < 4.78 is 16.2. The molecule has 0 aliphatic heterocycles. The van der Waals surface area contributed by atoms with Crippen molar-refractivity contribution in [1.82, 2.24) is 10.1 Å². The summed E-state index contributed by atoms with van der Waals surface area (Å²) in [7, 11) is 0. The molecule has 144 valence electrons. The molecule has 0 bridgehead atoms. The second kappa shape index (κ2) is 8.39. The molecule has 29 heavy (non-hydrogen) atoms. The normalized spacial score (nSPS) is 10.5. The van der Waals surface area contributed by atoms with E-state index in [1.54, 1.807) is 18.2 Å². The number of ether oxygens (including phenoxy) is 2. The van der Waals surface area contributed by atoms with E-state index >= 15 is 0 Å². The van der Waals surface area contributed by atoms with Gasteiger partial charge < -0.3 is 14.0 Å². The molecule has 0 amide bonds. The number of aryl methyl sites for hydroxylation is 1. The Morgan fingerprint density at radius 2 is 1.86 bits per heavy atom. The number of hydrogen-bond donors (Lipinski definition) is 0. The smallest absolute Gasteiger partial charge is 0.340 e. The van der Waals surface area contributed by atoms with Gasteiger partial charge in [-0.15, -0.1) is 0 Å². The number of nitrogens with zero attached hydrogens (tertiary/aromatic N) is 2. The fraction of sp³-hybridized carbons (Fsp3) is 0.0870. The lowest BCUT2D eigenvalue weighted by Crippen LogP contribution is -2.05. The average Bonchev–Trinajstić information content (AvgIpc) is 3.22. The number of esters is 1. The molecule has 0 fully saturated rings. The van der Waals surface area contributed by atoms with Crippen LogP contribution in [0.5, 0.6) is 11.6 Å². The monoisotopic (exact) mass is 386 g/mol. The second-order valence-corrected chi connectivity index (χ2v) is 6.42. The van der Waals surface area contributed by atoms with Crippen molar-refractivity contribution in [2.45, 2.75) is 13.5 Å². The predicted octanol–water partition coefficient (Wildman–Crippen LogP) is 5.19. The van der Waals surface area contributed by atoms with Gasteiger partial charge in [0.05, 0.1) is 5.56 Å². The molecule has 2 aromatic carbocycles. The van der Waals surface area contributed by atoms with E-state index in [4.69, 9.17) is 14.0 Å². The van der Waals surface area contributed by atoms with E-state index in [9.17, 15) is 4.79 Å². The number of benzene rings is 2. The molecule has 0 spiro atoms. The van der Waals surface area contributed by atoms with Crippen LogP contribution in [-0.4, -0.2) is 16.1 Å². The SMILES string of the molecule is Cc1cccc(-c2cc(COC(=O)c3ccc(Oc4ccccc4)nc3)on2)c1. The molecular formula is C23H18N2O4. The van der Waals surface area contributed by atoms with Crippen molar-refractivity contribution in [1.29, 1.82) is 0 Å². The van der Waals surface area contributed by atoms with Crippen molar-refractivity contribution in [3.05, 3.63) is 95.9 Å². The quantitative estimate of drug-likeness (QED) is 0.424. The first-order chi connectivity index (χ1) is 14.2. The van der Waals surface area contributed by atoms with Crippen LogP contribution in [0.3, 0.4) is 0 Å². The summed E-state index contributed by atoms with van der Waals surface area (Å²) in [5, 5.41) is 4.03. The van der Waals surface area contributed by atoms with Crippen molar-refractivity contribution in [2.24, 2.45) is 0 Å². The minimum Gasteiger partial charge on any atom is -0.454 e. The van der Waals surface area contributed by atoms with Gasteiger partial charge in [-0.05, 0) is 31.2 Å². The van der Waals surface area contributed by atoms with Crippen molar-refractivity contribution >= 4 is 5.97 Å². The van der Waals surface area contributed by atoms with Crippen LogP contribution in [0.4, 0.5) is 0 Å². The Balaban J connectivity index is 1.35. The second-order valence-electron chi connectivity index (χ2n) is 6.42. The maximum absolute atomic E-state index is 12.2. The molecule has 6 heteroatoms. The third kappa shape index (κ3) is 4.68. The van der Waals surface area contributed by atoms with Crippen LogP contribution in [0.1, 0.15) is 21.7 Å². The lowest BCUT2D eigenvalue weighted by Gasteiger charge is -2.05. The molecule has 0 aliphatic rings. The van der Waals surface area contributed by atoms with Crippen LogP contribution in [0.25, 0.3) is 11.3 Å². The molecule has 0 atom stereocenters. The van der Waals surface area contributed by atoms with Crippen LogP contribution >= 0.6 is 0 Å². The average molecular weight is 386 g/mol. The lowest BCUT2D eigenvalue weighted by molar-refractivity contribution is 0.0437. The van der Waals surface area contributed by atoms with Crippen LogP contribution in [-0.2, 0) is 11.3 Å². The first-order valence-electron chi connectivity index (χ1n) is 9.06. The molecular weight excluding hydrogens is 368 g/mol. The highest BCUT2D eigenvalue weighted by Crippen LogP contribution is 2.21. The van der Waals surface area contributed by atoms with Crippen molar-refractivity contribution in [2.75, 3.05) is 0 Å². The number of hydrogen-bond acceptors (Lipinski definition) is 6. The predicted molar refractivity (Wildman–Crippen MR) is 107 cm³/mol. The number of rotatable bonds is 6. The Labute approximate surface area is 167 Å². The standard InChI is InChI=1S/C23H18N2O4/c1-16-6-5-7-17(12-16)21-13-20(29-25-21)15-27-23(26)18-10-11-22(24-14-18)28-19-8-3-2-4-9-19/h2-14H,15H2,1H3. The molecule has 4 aromatic rings. The number of carbonyl (C=O) groups is 1. The van der Waals surface area contributed by atoms with Gasteiger partial charge in [0.1, 0.15) is 11.4 Å². The summed E-state index contributed by atoms with van der Waals surface area (Å²) >= 11 is 0. The zero-order valence-electron chi connectivity index (χ0n) is 15.7. The van der Waals surface area contributed by atoms with Gasteiger partial charge in [-0.1, -0.05) is 47.1 Å². The number of carbonyl (C=O) groups excluding carboxylic acids is 1. The molecule has 2 aromatic heterocycles.